The Morgan fingerprint density at radius 3 is 2.40 bits per heavy atom. The molecule has 0 fully saturated rings. The highest BCUT2D eigenvalue weighted by Gasteiger charge is 2.32. The SMILES string of the molecule is COC(=O)C[C@@H]1N=C(c2ccc(C3=CCN(CCC(=O)OC(C)(C)C)CC3)cc2)c2c(sc(C)c2C)-n2c(C)nnc21. The number of nitrogens with zero attached hydrogens (tertiary/aromatic N) is 5. The van der Waals surface area contributed by atoms with E-state index in [2.05, 4.69) is 59.3 Å². The molecule has 0 unspecified atom stereocenters. The lowest BCUT2D eigenvalue weighted by molar-refractivity contribution is -0.155. The Hall–Kier alpha value is -3.63. The second-order valence-corrected chi connectivity index (χ2v) is 13.1. The average Bonchev–Trinajstić information content (AvgIpc) is 3.43. The van der Waals surface area contributed by atoms with Gasteiger partial charge < -0.3 is 9.47 Å². The van der Waals surface area contributed by atoms with Gasteiger partial charge in [-0.3, -0.25) is 24.0 Å². The topological polar surface area (TPSA) is 98.9 Å². The number of aliphatic imine (C=N–C) groups is 1. The number of ether oxygens (including phenoxy) is 2. The van der Waals surface area contributed by atoms with Gasteiger partial charge in [0.15, 0.2) is 5.82 Å². The number of rotatable bonds is 7. The maximum absolute atomic E-state index is 12.4. The standard InChI is InChI=1S/C32H39N5O4S/c1-19-20(2)42-31-28(19)29(33-25(18-27(39)40-7)30-35-34-21(3)37(30)31)24-10-8-22(9-11-24)23-12-15-36(16-13-23)17-14-26(38)41-32(4,5)6/h8-12,25H,13-18H2,1-7H3/t25-/m0/s1. The summed E-state index contributed by atoms with van der Waals surface area (Å²) >= 11 is 1.69. The van der Waals surface area contributed by atoms with Crippen LogP contribution in [0.25, 0.3) is 10.6 Å². The predicted molar refractivity (Wildman–Crippen MR) is 164 cm³/mol. The van der Waals surface area contributed by atoms with Crippen LogP contribution in [-0.2, 0) is 19.1 Å². The summed E-state index contributed by atoms with van der Waals surface area (Å²) < 4.78 is 12.5. The number of esters is 2. The van der Waals surface area contributed by atoms with E-state index in [0.717, 1.165) is 52.7 Å². The van der Waals surface area contributed by atoms with Gasteiger partial charge in [-0.05, 0) is 64.7 Å². The average molecular weight is 590 g/mol. The second-order valence-electron chi connectivity index (χ2n) is 11.9. The van der Waals surface area contributed by atoms with Crippen LogP contribution in [0.3, 0.4) is 0 Å². The Bertz CT molecular complexity index is 1560. The van der Waals surface area contributed by atoms with Gasteiger partial charge in [0.25, 0.3) is 0 Å². The number of aryl methyl sites for hydroxylation is 2. The molecule has 0 N–H and O–H groups in total. The van der Waals surface area contributed by atoms with Crippen LogP contribution < -0.4 is 0 Å². The van der Waals surface area contributed by atoms with Gasteiger partial charge in [-0.25, -0.2) is 0 Å². The van der Waals surface area contributed by atoms with Crippen LogP contribution in [0.1, 0.15) is 84.9 Å². The molecule has 1 atom stereocenters. The van der Waals surface area contributed by atoms with Crippen molar-refractivity contribution in [2.24, 2.45) is 4.99 Å². The zero-order valence-corrected chi connectivity index (χ0v) is 26.3. The molecule has 2 aliphatic heterocycles. The highest BCUT2D eigenvalue weighted by molar-refractivity contribution is 7.15. The first-order valence-corrected chi connectivity index (χ1v) is 15.2. The van der Waals surface area contributed by atoms with Gasteiger partial charge in [-0.1, -0.05) is 30.3 Å². The van der Waals surface area contributed by atoms with Crippen LogP contribution >= 0.6 is 11.3 Å². The van der Waals surface area contributed by atoms with Crippen molar-refractivity contribution in [3.63, 3.8) is 0 Å². The number of carbonyl (C=O) groups is 2. The largest absolute Gasteiger partial charge is 0.469 e. The molecule has 5 rings (SSSR count). The lowest BCUT2D eigenvalue weighted by Crippen LogP contribution is -2.32. The molecule has 10 heteroatoms. The van der Waals surface area contributed by atoms with Crippen molar-refractivity contribution in [2.75, 3.05) is 26.7 Å². The van der Waals surface area contributed by atoms with Gasteiger partial charge in [0, 0.05) is 35.6 Å². The quantitative estimate of drug-likeness (QED) is 0.334. The molecular weight excluding hydrogens is 550 g/mol. The minimum atomic E-state index is -0.514. The second kappa shape index (κ2) is 11.9. The maximum Gasteiger partial charge on any atom is 0.308 e. The third-order valence-electron chi connectivity index (χ3n) is 7.70. The van der Waals surface area contributed by atoms with Crippen LogP contribution in [0.5, 0.6) is 0 Å². The molecule has 1 aromatic carbocycles. The van der Waals surface area contributed by atoms with E-state index in [-0.39, 0.29) is 18.4 Å². The van der Waals surface area contributed by atoms with Gasteiger partial charge in [0.05, 0.1) is 25.7 Å². The number of benzene rings is 1. The number of carbonyl (C=O) groups excluding carboxylic acids is 2. The normalized spacial score (nSPS) is 17.1. The number of aromatic nitrogens is 3. The molecule has 2 aliphatic rings. The number of thiophene rings is 1. The summed E-state index contributed by atoms with van der Waals surface area (Å²) in [6, 6.07) is 8.03. The first-order valence-electron chi connectivity index (χ1n) is 14.4. The molecule has 42 heavy (non-hydrogen) atoms. The maximum atomic E-state index is 12.4. The monoisotopic (exact) mass is 589 g/mol. The third-order valence-corrected chi connectivity index (χ3v) is 8.89. The highest BCUT2D eigenvalue weighted by Crippen LogP contribution is 2.39. The first-order chi connectivity index (χ1) is 19.9. The summed E-state index contributed by atoms with van der Waals surface area (Å²) in [7, 11) is 1.39. The molecule has 0 amide bonds. The van der Waals surface area contributed by atoms with Crippen LogP contribution in [0.4, 0.5) is 0 Å². The highest BCUT2D eigenvalue weighted by atomic mass is 32.1. The summed E-state index contributed by atoms with van der Waals surface area (Å²) in [5, 5.41) is 9.79. The fourth-order valence-corrected chi connectivity index (χ4v) is 6.64. The predicted octanol–water partition coefficient (Wildman–Crippen LogP) is 5.53. The van der Waals surface area contributed by atoms with Crippen molar-refractivity contribution in [1.82, 2.24) is 19.7 Å². The zero-order chi connectivity index (χ0) is 30.2. The Kier molecular flexibility index (Phi) is 8.48. The Balaban J connectivity index is 1.39. The lowest BCUT2D eigenvalue weighted by Gasteiger charge is -2.27. The number of fused-ring (bicyclic) bond motifs is 3. The van der Waals surface area contributed by atoms with Crippen molar-refractivity contribution in [1.29, 1.82) is 0 Å². The molecule has 9 nitrogen and oxygen atoms in total. The lowest BCUT2D eigenvalue weighted by atomic mass is 9.95. The van der Waals surface area contributed by atoms with Crippen molar-refractivity contribution in [3.05, 3.63) is 69.1 Å². The first kappa shape index (κ1) is 29.8. The van der Waals surface area contributed by atoms with Crippen LogP contribution in [0, 0.1) is 20.8 Å². The van der Waals surface area contributed by atoms with E-state index >= 15 is 0 Å². The summed E-state index contributed by atoms with van der Waals surface area (Å²) in [5.74, 6) is 0.916. The molecule has 0 bridgehead atoms. The minimum Gasteiger partial charge on any atom is -0.469 e. The molecule has 3 aromatic rings. The van der Waals surface area contributed by atoms with Gasteiger partial charge in [0.1, 0.15) is 22.5 Å². The van der Waals surface area contributed by atoms with Crippen molar-refractivity contribution in [2.45, 2.75) is 72.4 Å². The zero-order valence-electron chi connectivity index (χ0n) is 25.5. The fourth-order valence-electron chi connectivity index (χ4n) is 5.43. The van der Waals surface area contributed by atoms with Gasteiger partial charge in [0.2, 0.25) is 0 Å². The van der Waals surface area contributed by atoms with E-state index in [1.165, 1.54) is 23.1 Å². The Morgan fingerprint density at radius 2 is 1.76 bits per heavy atom. The molecule has 0 spiro atoms. The number of hydrogen-bond donors (Lipinski definition) is 0. The minimum absolute atomic E-state index is 0.0838. The molecule has 0 saturated heterocycles. The van der Waals surface area contributed by atoms with E-state index in [1.54, 1.807) is 11.3 Å². The molecule has 222 valence electrons. The Labute approximate surface area is 251 Å². The van der Waals surface area contributed by atoms with Crippen LogP contribution in [0.15, 0.2) is 35.3 Å². The van der Waals surface area contributed by atoms with Crippen LogP contribution in [-0.4, -0.2) is 69.7 Å². The summed E-state index contributed by atoms with van der Waals surface area (Å²) in [4.78, 5) is 33.1. The Morgan fingerprint density at radius 1 is 1.05 bits per heavy atom. The van der Waals surface area contributed by atoms with Crippen LogP contribution in [0.2, 0.25) is 0 Å². The molecular formula is C32H39N5O4S. The summed E-state index contributed by atoms with van der Waals surface area (Å²) in [6.45, 7) is 14.2. The summed E-state index contributed by atoms with van der Waals surface area (Å²) in [5.41, 5.74) is 6.08. The number of methoxy groups -OCH3 is 1. The van der Waals surface area contributed by atoms with Gasteiger partial charge in [-0.15, -0.1) is 21.5 Å². The smallest absolute Gasteiger partial charge is 0.308 e. The third kappa shape index (κ3) is 6.24. The van der Waals surface area contributed by atoms with E-state index in [4.69, 9.17) is 14.5 Å². The molecule has 0 aliphatic carbocycles. The molecule has 0 saturated carbocycles. The molecule has 0 radical (unpaired) electrons. The van der Waals surface area contributed by atoms with E-state index in [1.807, 2.05) is 32.3 Å². The van der Waals surface area contributed by atoms with E-state index < -0.39 is 11.6 Å². The van der Waals surface area contributed by atoms with Gasteiger partial charge in [-0.2, -0.15) is 0 Å². The molecule has 4 heterocycles. The van der Waals surface area contributed by atoms with Crippen molar-refractivity contribution < 1.29 is 19.1 Å². The summed E-state index contributed by atoms with van der Waals surface area (Å²) in [6.07, 6.45) is 3.64. The van der Waals surface area contributed by atoms with E-state index in [0.29, 0.717) is 18.8 Å². The van der Waals surface area contributed by atoms with E-state index in [9.17, 15) is 9.59 Å². The van der Waals surface area contributed by atoms with Crippen molar-refractivity contribution >= 4 is 34.6 Å². The van der Waals surface area contributed by atoms with Gasteiger partial charge >= 0.3 is 11.9 Å². The van der Waals surface area contributed by atoms with Crippen molar-refractivity contribution in [3.8, 4) is 5.00 Å². The molecule has 2 aromatic heterocycles. The number of hydrogen-bond acceptors (Lipinski definition) is 9. The fraction of sp³-hybridized carbons (Fsp3) is 0.469.